The zero-order chi connectivity index (χ0) is 14.5. The molecule has 0 radical (unpaired) electrons. The summed E-state index contributed by atoms with van der Waals surface area (Å²) in [5, 5.41) is 15.2. The second-order valence-electron chi connectivity index (χ2n) is 4.52. The first-order valence-corrected chi connectivity index (χ1v) is 7.37. The van der Waals surface area contributed by atoms with E-state index in [1.54, 1.807) is 13.1 Å². The number of halogens is 1. The predicted molar refractivity (Wildman–Crippen MR) is 76.0 cm³/mol. The second kappa shape index (κ2) is 6.81. The first-order valence-electron chi connectivity index (χ1n) is 6.55. The third kappa shape index (κ3) is 3.34. The molecule has 20 heavy (non-hydrogen) atoms. The monoisotopic (exact) mass is 295 g/mol. The van der Waals surface area contributed by atoms with E-state index in [1.807, 2.05) is 13.0 Å². The van der Waals surface area contributed by atoms with Gasteiger partial charge >= 0.3 is 0 Å². The van der Waals surface area contributed by atoms with E-state index in [0.29, 0.717) is 10.1 Å². The lowest BCUT2D eigenvalue weighted by atomic mass is 10.1. The lowest BCUT2D eigenvalue weighted by Gasteiger charge is -2.17. The number of aromatic nitrogens is 4. The van der Waals surface area contributed by atoms with Crippen LogP contribution in [0, 0.1) is 5.82 Å². The highest BCUT2D eigenvalue weighted by molar-refractivity contribution is 7.99. The molecule has 2 rings (SSSR count). The van der Waals surface area contributed by atoms with Gasteiger partial charge in [-0.2, -0.15) is 0 Å². The topological polar surface area (TPSA) is 55.6 Å². The molecular weight excluding hydrogens is 277 g/mol. The molecule has 0 aliphatic heterocycles. The molecule has 5 nitrogen and oxygen atoms in total. The summed E-state index contributed by atoms with van der Waals surface area (Å²) in [4.78, 5) is 0.571. The largest absolute Gasteiger partial charge is 0.310 e. The van der Waals surface area contributed by atoms with Gasteiger partial charge in [-0.05, 0) is 53.7 Å². The van der Waals surface area contributed by atoms with E-state index in [-0.39, 0.29) is 11.9 Å². The summed E-state index contributed by atoms with van der Waals surface area (Å²) in [6.45, 7) is 5.03. The molecule has 0 spiro atoms. The molecule has 0 fully saturated rings. The summed E-state index contributed by atoms with van der Waals surface area (Å²) in [6.07, 6.45) is 1.04. The van der Waals surface area contributed by atoms with Crippen molar-refractivity contribution in [1.82, 2.24) is 25.5 Å². The Morgan fingerprint density at radius 1 is 1.45 bits per heavy atom. The van der Waals surface area contributed by atoms with E-state index >= 15 is 0 Å². The van der Waals surface area contributed by atoms with Crippen molar-refractivity contribution in [3.05, 3.63) is 29.6 Å². The number of nitrogens with zero attached hydrogens (tertiary/aromatic N) is 4. The minimum Gasteiger partial charge on any atom is -0.310 e. The molecule has 0 amide bonds. The van der Waals surface area contributed by atoms with Gasteiger partial charge < -0.3 is 5.32 Å². The summed E-state index contributed by atoms with van der Waals surface area (Å²) < 4.78 is 15.7. The van der Waals surface area contributed by atoms with Crippen LogP contribution in [0.3, 0.4) is 0 Å². The average Bonchev–Trinajstić information content (AvgIpc) is 2.84. The molecule has 2 aromatic rings. The van der Waals surface area contributed by atoms with Crippen LogP contribution in [0.5, 0.6) is 0 Å². The lowest BCUT2D eigenvalue weighted by molar-refractivity contribution is 0.543. The van der Waals surface area contributed by atoms with Gasteiger partial charge in [-0.1, -0.05) is 19.1 Å². The Bertz CT molecular complexity index is 572. The van der Waals surface area contributed by atoms with Crippen molar-refractivity contribution in [2.24, 2.45) is 7.05 Å². The Morgan fingerprint density at radius 3 is 2.90 bits per heavy atom. The van der Waals surface area contributed by atoms with Gasteiger partial charge in [0, 0.05) is 13.1 Å². The van der Waals surface area contributed by atoms with Gasteiger partial charge in [0.15, 0.2) is 0 Å². The summed E-state index contributed by atoms with van der Waals surface area (Å²) in [5.41, 5.74) is 0.923. The zero-order valence-corrected chi connectivity index (χ0v) is 12.6. The first-order chi connectivity index (χ1) is 9.63. The van der Waals surface area contributed by atoms with Crippen molar-refractivity contribution in [2.75, 3.05) is 6.54 Å². The third-order valence-electron chi connectivity index (χ3n) is 2.94. The van der Waals surface area contributed by atoms with Crippen LogP contribution in [0.2, 0.25) is 0 Å². The molecule has 1 atom stereocenters. The van der Waals surface area contributed by atoms with E-state index in [2.05, 4.69) is 27.8 Å². The minimum atomic E-state index is -0.249. The van der Waals surface area contributed by atoms with Crippen molar-refractivity contribution in [1.29, 1.82) is 0 Å². The van der Waals surface area contributed by atoms with Gasteiger partial charge in [-0.3, -0.25) is 0 Å². The molecule has 1 unspecified atom stereocenters. The third-order valence-corrected chi connectivity index (χ3v) is 4.10. The fourth-order valence-electron chi connectivity index (χ4n) is 1.84. The minimum absolute atomic E-state index is 0.0781. The van der Waals surface area contributed by atoms with E-state index in [1.165, 1.54) is 22.5 Å². The summed E-state index contributed by atoms with van der Waals surface area (Å²) in [7, 11) is 1.74. The fourth-order valence-corrected chi connectivity index (χ4v) is 2.80. The molecule has 0 saturated carbocycles. The van der Waals surface area contributed by atoms with Gasteiger partial charge in [0.2, 0.25) is 5.16 Å². The molecule has 1 N–H and O–H groups in total. The number of hydrogen-bond donors (Lipinski definition) is 1. The summed E-state index contributed by atoms with van der Waals surface area (Å²) in [5.74, 6) is -0.249. The molecule has 0 aliphatic rings. The maximum absolute atomic E-state index is 14.1. The lowest BCUT2D eigenvalue weighted by Crippen LogP contribution is -2.20. The van der Waals surface area contributed by atoms with E-state index < -0.39 is 0 Å². The molecule has 1 aromatic carbocycles. The molecule has 0 aliphatic carbocycles. The molecular formula is C13H18FN5S. The van der Waals surface area contributed by atoms with Crippen molar-refractivity contribution >= 4 is 11.8 Å². The first kappa shape index (κ1) is 14.9. The van der Waals surface area contributed by atoms with Crippen LogP contribution in [-0.4, -0.2) is 26.8 Å². The molecule has 1 heterocycles. The van der Waals surface area contributed by atoms with Crippen LogP contribution in [0.4, 0.5) is 4.39 Å². The van der Waals surface area contributed by atoms with Gasteiger partial charge in [0.1, 0.15) is 5.82 Å². The van der Waals surface area contributed by atoms with Gasteiger partial charge in [0.25, 0.3) is 0 Å². The predicted octanol–water partition coefficient (Wildman–Crippen LogP) is 2.56. The van der Waals surface area contributed by atoms with Crippen LogP contribution >= 0.6 is 11.8 Å². The van der Waals surface area contributed by atoms with Crippen molar-refractivity contribution in [3.63, 3.8) is 0 Å². The van der Waals surface area contributed by atoms with Gasteiger partial charge in [0.05, 0.1) is 4.90 Å². The smallest absolute Gasteiger partial charge is 0.213 e. The standard InChI is InChI=1S/C13H18FN5S/c1-4-8-15-9(2)10-6-5-7-11(14)12(10)20-13-16-17-18-19(13)3/h5-7,9,15H,4,8H2,1-3H3. The van der Waals surface area contributed by atoms with Gasteiger partial charge in [-0.25, -0.2) is 9.07 Å². The zero-order valence-electron chi connectivity index (χ0n) is 11.8. The SMILES string of the molecule is CCCNC(C)c1cccc(F)c1Sc1nnnn1C. The summed E-state index contributed by atoms with van der Waals surface area (Å²) >= 11 is 1.25. The molecule has 7 heteroatoms. The second-order valence-corrected chi connectivity index (χ2v) is 5.50. The Morgan fingerprint density at radius 2 is 2.25 bits per heavy atom. The Labute approximate surface area is 122 Å². The highest BCUT2D eigenvalue weighted by atomic mass is 32.2. The molecule has 0 bridgehead atoms. The number of aryl methyl sites for hydroxylation is 1. The number of rotatable bonds is 6. The van der Waals surface area contributed by atoms with Gasteiger partial charge in [-0.15, -0.1) is 5.10 Å². The maximum atomic E-state index is 14.1. The van der Waals surface area contributed by atoms with Crippen molar-refractivity contribution < 1.29 is 4.39 Å². The van der Waals surface area contributed by atoms with E-state index in [4.69, 9.17) is 0 Å². The van der Waals surface area contributed by atoms with Crippen LogP contribution in [0.15, 0.2) is 28.3 Å². The van der Waals surface area contributed by atoms with Crippen LogP contribution in [-0.2, 0) is 7.05 Å². The van der Waals surface area contributed by atoms with Crippen LogP contribution in [0.25, 0.3) is 0 Å². The van der Waals surface area contributed by atoms with E-state index in [0.717, 1.165) is 18.5 Å². The number of nitrogens with one attached hydrogen (secondary N) is 1. The molecule has 108 valence electrons. The maximum Gasteiger partial charge on any atom is 0.213 e. The Kier molecular flexibility index (Phi) is 5.08. The fraction of sp³-hybridized carbons (Fsp3) is 0.462. The highest BCUT2D eigenvalue weighted by Gasteiger charge is 2.17. The number of benzene rings is 1. The normalized spacial score (nSPS) is 12.6. The van der Waals surface area contributed by atoms with Crippen LogP contribution < -0.4 is 5.32 Å². The number of tetrazole rings is 1. The van der Waals surface area contributed by atoms with Crippen molar-refractivity contribution in [2.45, 2.75) is 36.4 Å². The summed E-state index contributed by atoms with van der Waals surface area (Å²) in [6, 6.07) is 5.20. The van der Waals surface area contributed by atoms with Crippen LogP contribution in [0.1, 0.15) is 31.9 Å². The Hall–Kier alpha value is -1.47. The average molecular weight is 295 g/mol. The molecule has 0 saturated heterocycles. The molecule has 1 aromatic heterocycles. The highest BCUT2D eigenvalue weighted by Crippen LogP contribution is 2.33. The Balaban J connectivity index is 2.29. The number of hydrogen-bond acceptors (Lipinski definition) is 5. The van der Waals surface area contributed by atoms with E-state index in [9.17, 15) is 4.39 Å². The quantitative estimate of drug-likeness (QED) is 0.887. The van der Waals surface area contributed by atoms with Crippen molar-refractivity contribution in [3.8, 4) is 0 Å².